The van der Waals surface area contributed by atoms with Gasteiger partial charge in [-0.2, -0.15) is 0 Å². The van der Waals surface area contributed by atoms with Crippen LogP contribution in [0.4, 0.5) is 0 Å². The average Bonchev–Trinajstić information content (AvgIpc) is 3.00. The molecule has 1 heterocycles. The topological polar surface area (TPSA) is 82.6 Å². The molecule has 0 atom stereocenters. The van der Waals surface area contributed by atoms with Crippen LogP contribution in [-0.2, 0) is 6.42 Å². The molecule has 3 aromatic rings. The number of likely N-dealkylation sites (N-methyl/N-ethyl adjacent to an activating group) is 1. The Labute approximate surface area is 160 Å². The van der Waals surface area contributed by atoms with Crippen LogP contribution < -0.4 is 9.61 Å². The molecule has 0 bridgehead atoms. The normalized spacial score (nSPS) is 10.6. The molecule has 6 nitrogen and oxygen atoms in total. The molecular formula is C20H20N2O4S. The van der Waals surface area contributed by atoms with Crippen LogP contribution in [0.15, 0.2) is 59.4 Å². The van der Waals surface area contributed by atoms with E-state index >= 15 is 0 Å². The molecule has 1 amide bonds. The van der Waals surface area contributed by atoms with Crippen LogP contribution in [0.5, 0.6) is 11.6 Å². The summed E-state index contributed by atoms with van der Waals surface area (Å²) in [5, 5.41) is 9.64. The summed E-state index contributed by atoms with van der Waals surface area (Å²) < 4.78 is 5.70. The summed E-state index contributed by atoms with van der Waals surface area (Å²) in [5.74, 6) is 0.585. The summed E-state index contributed by atoms with van der Waals surface area (Å²) >= 11 is 1.00. The van der Waals surface area contributed by atoms with Gasteiger partial charge in [-0.1, -0.05) is 41.7 Å². The molecule has 0 aliphatic heterocycles. The number of carbonyl (C=O) groups is 1. The molecule has 140 valence electrons. The lowest BCUT2D eigenvalue weighted by atomic mass is 10.1. The predicted molar refractivity (Wildman–Crippen MR) is 105 cm³/mol. The largest absolute Gasteiger partial charge is 0.494 e. The zero-order chi connectivity index (χ0) is 19.2. The van der Waals surface area contributed by atoms with Gasteiger partial charge in [-0.15, -0.1) is 0 Å². The molecule has 0 saturated heterocycles. The number of hydrogen-bond acceptors (Lipinski definition) is 5. The minimum Gasteiger partial charge on any atom is -0.494 e. The fourth-order valence-electron chi connectivity index (χ4n) is 2.56. The third kappa shape index (κ3) is 4.98. The maximum absolute atomic E-state index is 12.3. The smallest absolute Gasteiger partial charge is 0.307 e. The van der Waals surface area contributed by atoms with Crippen molar-refractivity contribution in [1.82, 2.24) is 9.88 Å². The van der Waals surface area contributed by atoms with Gasteiger partial charge in [-0.25, -0.2) is 0 Å². The quantitative estimate of drug-likeness (QED) is 0.656. The Balaban J connectivity index is 1.49. The number of carbonyl (C=O) groups excluding carboxylic acids is 1. The lowest BCUT2D eigenvalue weighted by Gasteiger charge is -2.17. The molecule has 0 radical (unpaired) electrons. The second kappa shape index (κ2) is 8.55. The van der Waals surface area contributed by atoms with E-state index in [1.165, 1.54) is 0 Å². The third-order valence-corrected chi connectivity index (χ3v) is 4.92. The second-order valence-electron chi connectivity index (χ2n) is 6.05. The lowest BCUT2D eigenvalue weighted by molar-refractivity contribution is 0.0774. The maximum Gasteiger partial charge on any atom is 0.307 e. The van der Waals surface area contributed by atoms with Crippen LogP contribution in [0.1, 0.15) is 20.8 Å². The molecule has 0 unspecified atom stereocenters. The summed E-state index contributed by atoms with van der Waals surface area (Å²) in [6, 6.07) is 16.6. The highest BCUT2D eigenvalue weighted by Crippen LogP contribution is 2.21. The van der Waals surface area contributed by atoms with Crippen molar-refractivity contribution in [3.8, 4) is 11.6 Å². The minimum absolute atomic E-state index is 0.0418. The van der Waals surface area contributed by atoms with Crippen LogP contribution in [0.25, 0.3) is 0 Å². The zero-order valence-electron chi connectivity index (χ0n) is 14.8. The highest BCUT2D eigenvalue weighted by molar-refractivity contribution is 7.09. The molecule has 27 heavy (non-hydrogen) atoms. The van der Waals surface area contributed by atoms with Crippen LogP contribution in [-0.4, -0.2) is 41.1 Å². The Morgan fingerprint density at radius 1 is 1.15 bits per heavy atom. The van der Waals surface area contributed by atoms with E-state index in [1.807, 2.05) is 42.5 Å². The van der Waals surface area contributed by atoms with Gasteiger partial charge in [0.25, 0.3) is 5.91 Å². The molecule has 0 spiro atoms. The van der Waals surface area contributed by atoms with Crippen LogP contribution in [0, 0.1) is 0 Å². The van der Waals surface area contributed by atoms with Crippen molar-refractivity contribution < 1.29 is 14.6 Å². The molecular weight excluding hydrogens is 364 g/mol. The Hall–Kier alpha value is -3.06. The van der Waals surface area contributed by atoms with E-state index in [0.717, 1.165) is 16.9 Å². The first-order chi connectivity index (χ1) is 13.0. The average molecular weight is 384 g/mol. The summed E-state index contributed by atoms with van der Waals surface area (Å²) in [5.41, 5.74) is 1.61. The summed E-state index contributed by atoms with van der Waals surface area (Å²) in [6.45, 7) is 0.856. The van der Waals surface area contributed by atoms with Crippen molar-refractivity contribution >= 4 is 17.2 Å². The van der Waals surface area contributed by atoms with Gasteiger partial charge in [0.05, 0.1) is 11.4 Å². The van der Waals surface area contributed by atoms with E-state index in [1.54, 1.807) is 24.1 Å². The van der Waals surface area contributed by atoms with Gasteiger partial charge in [-0.05, 0) is 29.8 Å². The number of aromatic amines is 1. The number of amides is 1. The maximum atomic E-state index is 12.3. The number of aromatic nitrogens is 1. The van der Waals surface area contributed by atoms with Crippen LogP contribution in [0.3, 0.4) is 0 Å². The first kappa shape index (κ1) is 18.7. The Bertz CT molecular complexity index is 948. The van der Waals surface area contributed by atoms with E-state index < -0.39 is 0 Å². The number of H-pyrrole nitrogens is 1. The van der Waals surface area contributed by atoms with Crippen LogP contribution in [0.2, 0.25) is 0 Å². The van der Waals surface area contributed by atoms with E-state index in [9.17, 15) is 14.7 Å². The number of aromatic hydroxyl groups is 1. The van der Waals surface area contributed by atoms with E-state index in [0.29, 0.717) is 35.8 Å². The molecule has 2 N–H and O–H groups in total. The number of rotatable bonds is 7. The molecule has 0 aliphatic carbocycles. The Morgan fingerprint density at radius 2 is 1.85 bits per heavy atom. The van der Waals surface area contributed by atoms with Gasteiger partial charge < -0.3 is 14.7 Å². The van der Waals surface area contributed by atoms with Gasteiger partial charge in [0, 0.05) is 19.0 Å². The second-order valence-corrected chi connectivity index (χ2v) is 7.12. The molecule has 2 aromatic carbocycles. The van der Waals surface area contributed by atoms with Crippen molar-refractivity contribution in [2.45, 2.75) is 6.42 Å². The van der Waals surface area contributed by atoms with Crippen molar-refractivity contribution in [3.63, 3.8) is 0 Å². The molecule has 3 rings (SSSR count). The molecule has 1 aromatic heterocycles. The fraction of sp³-hybridized carbons (Fsp3) is 0.200. The van der Waals surface area contributed by atoms with Gasteiger partial charge in [0.1, 0.15) is 12.4 Å². The number of nitrogens with one attached hydrogen (secondary N) is 1. The summed E-state index contributed by atoms with van der Waals surface area (Å²) in [7, 11) is 1.75. The van der Waals surface area contributed by atoms with Gasteiger partial charge in [0.2, 0.25) is 5.88 Å². The Kier molecular flexibility index (Phi) is 5.93. The number of hydrogen-bond donors (Lipinski definition) is 2. The molecule has 0 fully saturated rings. The first-order valence-electron chi connectivity index (χ1n) is 8.46. The van der Waals surface area contributed by atoms with E-state index in [4.69, 9.17) is 4.74 Å². The van der Waals surface area contributed by atoms with Gasteiger partial charge in [0.15, 0.2) is 0 Å². The number of nitrogens with zero attached hydrogens (tertiary/aromatic N) is 1. The third-order valence-electron chi connectivity index (χ3n) is 4.05. The summed E-state index contributed by atoms with van der Waals surface area (Å²) in [4.78, 5) is 27.8. The molecule has 0 aliphatic rings. The van der Waals surface area contributed by atoms with Gasteiger partial charge >= 0.3 is 4.87 Å². The monoisotopic (exact) mass is 384 g/mol. The molecule has 7 heteroatoms. The number of benzene rings is 2. The number of thiazole rings is 1. The van der Waals surface area contributed by atoms with Crippen LogP contribution >= 0.6 is 11.3 Å². The van der Waals surface area contributed by atoms with Crippen molar-refractivity contribution in [2.75, 3.05) is 20.2 Å². The molecule has 0 saturated carbocycles. The predicted octanol–water partition coefficient (Wildman–Crippen LogP) is 2.88. The van der Waals surface area contributed by atoms with E-state index in [-0.39, 0.29) is 16.7 Å². The minimum atomic E-state index is -0.267. The highest BCUT2D eigenvalue weighted by atomic mass is 32.1. The zero-order valence-corrected chi connectivity index (χ0v) is 15.7. The summed E-state index contributed by atoms with van der Waals surface area (Å²) in [6.07, 6.45) is 0.476. The first-order valence-corrected chi connectivity index (χ1v) is 9.28. The van der Waals surface area contributed by atoms with Gasteiger partial charge in [-0.3, -0.25) is 14.6 Å². The van der Waals surface area contributed by atoms with E-state index in [2.05, 4.69) is 4.98 Å². The Morgan fingerprint density at radius 3 is 2.48 bits per heavy atom. The lowest BCUT2D eigenvalue weighted by Crippen LogP contribution is -2.30. The fourth-order valence-corrected chi connectivity index (χ4v) is 3.32. The van der Waals surface area contributed by atoms with Crippen molar-refractivity contribution in [2.24, 2.45) is 0 Å². The number of ether oxygens (including phenoxy) is 1. The van der Waals surface area contributed by atoms with Crippen molar-refractivity contribution in [1.29, 1.82) is 0 Å². The highest BCUT2D eigenvalue weighted by Gasteiger charge is 2.11. The standard InChI is InChI=1S/C20H20N2O4S/c1-22(19(24)15-5-3-2-4-6-15)11-12-26-16-9-7-14(8-10-16)13-17-18(23)21-20(25)27-17/h2-10,23H,11-13H2,1H3,(H,21,25). The SMILES string of the molecule is CN(CCOc1ccc(Cc2sc(=O)[nH]c2O)cc1)C(=O)c1ccccc1. The van der Waals surface area contributed by atoms with Crippen molar-refractivity contribution in [3.05, 3.63) is 80.3 Å².